The van der Waals surface area contributed by atoms with Crippen LogP contribution in [0.3, 0.4) is 0 Å². The first-order chi connectivity index (χ1) is 7.61. The summed E-state index contributed by atoms with van der Waals surface area (Å²) in [6.07, 6.45) is 0.339. The van der Waals surface area contributed by atoms with Crippen molar-refractivity contribution >= 4 is 11.7 Å². The van der Waals surface area contributed by atoms with Crippen molar-refractivity contribution in [3.8, 4) is 0 Å². The topological polar surface area (TPSA) is 37.4 Å². The summed E-state index contributed by atoms with van der Waals surface area (Å²) >= 11 is 0. The molecule has 1 heterocycles. The summed E-state index contributed by atoms with van der Waals surface area (Å²) < 4.78 is 0. The molecule has 16 heavy (non-hydrogen) atoms. The van der Waals surface area contributed by atoms with E-state index in [4.69, 9.17) is 0 Å². The summed E-state index contributed by atoms with van der Waals surface area (Å²) in [6, 6.07) is 9.65. The Bertz CT molecular complexity index is 413. The maximum atomic E-state index is 11.6. The van der Waals surface area contributed by atoms with E-state index in [-0.39, 0.29) is 23.7 Å². The van der Waals surface area contributed by atoms with E-state index in [1.165, 1.54) is 0 Å². The molecule has 2 atom stereocenters. The fourth-order valence-corrected chi connectivity index (χ4v) is 2.34. The molecule has 2 rings (SSSR count). The summed E-state index contributed by atoms with van der Waals surface area (Å²) in [7, 11) is 1.77. The van der Waals surface area contributed by atoms with E-state index in [9.17, 15) is 9.59 Å². The van der Waals surface area contributed by atoms with Crippen LogP contribution in [-0.4, -0.2) is 23.6 Å². The molecular formula is C13H15NO2. The van der Waals surface area contributed by atoms with E-state index in [1.54, 1.807) is 18.9 Å². The van der Waals surface area contributed by atoms with Crippen molar-refractivity contribution in [3.63, 3.8) is 0 Å². The highest BCUT2D eigenvalue weighted by Crippen LogP contribution is 2.37. The molecule has 0 N–H and O–H groups in total. The number of Topliss-reactive ketones (excluding diaryl/α,β-unsaturated/α-hetero) is 1. The SMILES string of the molecule is CC(=O)C1CC(=O)N(C)C1c1ccccc1. The Labute approximate surface area is 95.1 Å². The molecule has 3 heteroatoms. The number of ketones is 1. The van der Waals surface area contributed by atoms with Crippen molar-refractivity contribution < 1.29 is 9.59 Å². The van der Waals surface area contributed by atoms with E-state index in [0.717, 1.165) is 5.56 Å². The van der Waals surface area contributed by atoms with Gasteiger partial charge in [0.1, 0.15) is 5.78 Å². The number of rotatable bonds is 2. The van der Waals surface area contributed by atoms with Crippen molar-refractivity contribution in [2.24, 2.45) is 5.92 Å². The van der Waals surface area contributed by atoms with Crippen molar-refractivity contribution in [2.45, 2.75) is 19.4 Å². The molecule has 0 aromatic heterocycles. The highest BCUT2D eigenvalue weighted by Gasteiger charge is 2.40. The Morgan fingerprint density at radius 3 is 2.50 bits per heavy atom. The third-order valence-corrected chi connectivity index (χ3v) is 3.25. The number of hydrogen-bond acceptors (Lipinski definition) is 2. The quantitative estimate of drug-likeness (QED) is 0.757. The van der Waals surface area contributed by atoms with Crippen molar-refractivity contribution in [1.82, 2.24) is 4.90 Å². The van der Waals surface area contributed by atoms with Gasteiger partial charge in [0.25, 0.3) is 0 Å². The lowest BCUT2D eigenvalue weighted by Crippen LogP contribution is -2.26. The molecule has 84 valence electrons. The molecular weight excluding hydrogens is 202 g/mol. The van der Waals surface area contributed by atoms with Crippen LogP contribution in [0.4, 0.5) is 0 Å². The van der Waals surface area contributed by atoms with Gasteiger partial charge in [0.2, 0.25) is 5.91 Å². The first-order valence-corrected chi connectivity index (χ1v) is 5.42. The van der Waals surface area contributed by atoms with Crippen molar-refractivity contribution in [3.05, 3.63) is 35.9 Å². The summed E-state index contributed by atoms with van der Waals surface area (Å²) in [4.78, 5) is 24.9. The Hall–Kier alpha value is -1.64. The second kappa shape index (κ2) is 4.08. The van der Waals surface area contributed by atoms with Gasteiger partial charge in [-0.05, 0) is 12.5 Å². The molecule has 1 aliphatic heterocycles. The largest absolute Gasteiger partial charge is 0.338 e. The standard InChI is InChI=1S/C13H15NO2/c1-9(15)11-8-12(16)14(2)13(11)10-6-4-3-5-7-10/h3-7,11,13H,8H2,1-2H3. The van der Waals surface area contributed by atoms with Gasteiger partial charge in [-0.2, -0.15) is 0 Å². The lowest BCUT2D eigenvalue weighted by Gasteiger charge is -2.23. The number of benzene rings is 1. The number of amides is 1. The zero-order valence-corrected chi connectivity index (χ0v) is 9.51. The van der Waals surface area contributed by atoms with E-state index in [0.29, 0.717) is 6.42 Å². The second-order valence-corrected chi connectivity index (χ2v) is 4.28. The van der Waals surface area contributed by atoms with Gasteiger partial charge in [0.15, 0.2) is 0 Å². The van der Waals surface area contributed by atoms with E-state index in [1.807, 2.05) is 30.3 Å². The molecule has 1 amide bonds. The molecule has 1 fully saturated rings. The average Bonchev–Trinajstić information content (AvgIpc) is 2.57. The van der Waals surface area contributed by atoms with Crippen LogP contribution >= 0.6 is 0 Å². The zero-order chi connectivity index (χ0) is 11.7. The molecule has 3 nitrogen and oxygen atoms in total. The summed E-state index contributed by atoms with van der Waals surface area (Å²) in [6.45, 7) is 1.56. The smallest absolute Gasteiger partial charge is 0.223 e. The predicted octanol–water partition coefficient (Wildman–Crippen LogP) is 1.80. The predicted molar refractivity (Wildman–Crippen MR) is 60.7 cm³/mol. The minimum absolute atomic E-state index is 0.0500. The average molecular weight is 217 g/mol. The molecule has 0 bridgehead atoms. The van der Waals surface area contributed by atoms with Crippen LogP contribution < -0.4 is 0 Å². The number of carbonyl (C=O) groups excluding carboxylic acids is 2. The highest BCUT2D eigenvalue weighted by atomic mass is 16.2. The zero-order valence-electron chi connectivity index (χ0n) is 9.51. The minimum atomic E-state index is -0.195. The molecule has 0 radical (unpaired) electrons. The molecule has 1 saturated heterocycles. The highest BCUT2D eigenvalue weighted by molar-refractivity contribution is 5.90. The van der Waals surface area contributed by atoms with Crippen LogP contribution in [0.25, 0.3) is 0 Å². The molecule has 1 aromatic carbocycles. The van der Waals surface area contributed by atoms with Gasteiger partial charge in [-0.1, -0.05) is 30.3 Å². The van der Waals surface area contributed by atoms with E-state index >= 15 is 0 Å². The summed E-state index contributed by atoms with van der Waals surface area (Å²) in [5, 5.41) is 0. The second-order valence-electron chi connectivity index (χ2n) is 4.28. The maximum absolute atomic E-state index is 11.6. The Kier molecular flexibility index (Phi) is 2.77. The third kappa shape index (κ3) is 1.73. The molecule has 1 aromatic rings. The Morgan fingerprint density at radius 2 is 1.94 bits per heavy atom. The maximum Gasteiger partial charge on any atom is 0.223 e. The van der Waals surface area contributed by atoms with Gasteiger partial charge >= 0.3 is 0 Å². The first-order valence-electron chi connectivity index (χ1n) is 5.42. The van der Waals surface area contributed by atoms with Crippen molar-refractivity contribution in [1.29, 1.82) is 0 Å². The van der Waals surface area contributed by atoms with Crippen LogP contribution in [0.15, 0.2) is 30.3 Å². The van der Waals surface area contributed by atoms with Gasteiger partial charge < -0.3 is 4.90 Å². The molecule has 0 aliphatic carbocycles. The third-order valence-electron chi connectivity index (χ3n) is 3.25. The van der Waals surface area contributed by atoms with Crippen molar-refractivity contribution in [2.75, 3.05) is 7.05 Å². The van der Waals surface area contributed by atoms with Gasteiger partial charge in [-0.25, -0.2) is 0 Å². The number of carbonyl (C=O) groups is 2. The van der Waals surface area contributed by atoms with Crippen LogP contribution in [0.5, 0.6) is 0 Å². The van der Waals surface area contributed by atoms with E-state index < -0.39 is 0 Å². The fraction of sp³-hybridized carbons (Fsp3) is 0.385. The van der Waals surface area contributed by atoms with Gasteiger partial charge in [-0.3, -0.25) is 9.59 Å². The lowest BCUT2D eigenvalue weighted by molar-refractivity contribution is -0.128. The van der Waals surface area contributed by atoms with Crippen LogP contribution in [0.2, 0.25) is 0 Å². The van der Waals surface area contributed by atoms with Gasteiger partial charge in [-0.15, -0.1) is 0 Å². The Balaban J connectivity index is 2.37. The summed E-state index contributed by atoms with van der Waals surface area (Å²) in [5.41, 5.74) is 1.04. The van der Waals surface area contributed by atoms with Crippen LogP contribution in [0, 0.1) is 5.92 Å². The Morgan fingerprint density at radius 1 is 1.31 bits per heavy atom. The van der Waals surface area contributed by atoms with Gasteiger partial charge in [0.05, 0.1) is 12.0 Å². The molecule has 0 saturated carbocycles. The number of nitrogens with zero attached hydrogens (tertiary/aromatic N) is 1. The number of likely N-dealkylation sites (tertiary alicyclic amines) is 1. The normalized spacial score (nSPS) is 24.9. The number of hydrogen-bond donors (Lipinski definition) is 0. The monoisotopic (exact) mass is 217 g/mol. The van der Waals surface area contributed by atoms with Crippen LogP contribution in [0.1, 0.15) is 24.9 Å². The molecule has 2 unspecified atom stereocenters. The van der Waals surface area contributed by atoms with E-state index in [2.05, 4.69) is 0 Å². The minimum Gasteiger partial charge on any atom is -0.338 e. The molecule has 0 spiro atoms. The fourth-order valence-electron chi connectivity index (χ4n) is 2.34. The van der Waals surface area contributed by atoms with Gasteiger partial charge in [0, 0.05) is 13.5 Å². The van der Waals surface area contributed by atoms with Crippen LogP contribution in [-0.2, 0) is 9.59 Å². The summed E-state index contributed by atoms with van der Waals surface area (Å²) in [5.74, 6) is -0.0551. The first kappa shape index (κ1) is 10.9. The lowest BCUT2D eigenvalue weighted by atomic mass is 9.91. The molecule has 1 aliphatic rings.